The van der Waals surface area contributed by atoms with Crippen LogP contribution in [-0.4, -0.2) is 14.8 Å². The van der Waals surface area contributed by atoms with Gasteiger partial charge in [0.1, 0.15) is 6.33 Å². The first-order valence-corrected chi connectivity index (χ1v) is 4.97. The zero-order valence-electron chi connectivity index (χ0n) is 8.94. The number of aromatic nitrogens is 3. The van der Waals surface area contributed by atoms with Gasteiger partial charge < -0.3 is 10.3 Å². The average molecular weight is 202 g/mol. The van der Waals surface area contributed by atoms with E-state index in [4.69, 9.17) is 5.73 Å². The molecule has 0 radical (unpaired) electrons. The Labute approximate surface area is 88.8 Å². The van der Waals surface area contributed by atoms with Crippen LogP contribution in [0.4, 0.5) is 5.69 Å². The van der Waals surface area contributed by atoms with Crippen LogP contribution in [-0.2, 0) is 6.54 Å². The highest BCUT2D eigenvalue weighted by Gasteiger charge is 2.11. The highest BCUT2D eigenvalue weighted by atomic mass is 15.3. The fourth-order valence-corrected chi connectivity index (χ4v) is 1.68. The van der Waals surface area contributed by atoms with Gasteiger partial charge in [-0.25, -0.2) is 0 Å². The van der Waals surface area contributed by atoms with E-state index in [1.54, 1.807) is 6.33 Å². The number of hydrogen-bond donors (Lipinski definition) is 1. The van der Waals surface area contributed by atoms with E-state index in [1.165, 1.54) is 0 Å². The SMILES string of the molecule is CCn1cnnc1-c1c(C)cccc1N. The minimum absolute atomic E-state index is 0.748. The molecule has 2 aromatic rings. The molecule has 0 atom stereocenters. The van der Waals surface area contributed by atoms with Crippen molar-refractivity contribution in [3.63, 3.8) is 0 Å². The summed E-state index contributed by atoms with van der Waals surface area (Å²) < 4.78 is 1.98. The molecule has 0 aliphatic rings. The largest absolute Gasteiger partial charge is 0.398 e. The van der Waals surface area contributed by atoms with Gasteiger partial charge in [-0.15, -0.1) is 10.2 Å². The molecule has 0 amide bonds. The van der Waals surface area contributed by atoms with Crippen LogP contribution in [0.15, 0.2) is 24.5 Å². The average Bonchev–Trinajstić information content (AvgIpc) is 2.65. The Morgan fingerprint density at radius 3 is 2.87 bits per heavy atom. The van der Waals surface area contributed by atoms with Gasteiger partial charge in [-0.05, 0) is 25.5 Å². The maximum atomic E-state index is 5.96. The molecule has 1 aromatic carbocycles. The quantitative estimate of drug-likeness (QED) is 0.756. The summed E-state index contributed by atoms with van der Waals surface area (Å²) in [5, 5.41) is 8.02. The van der Waals surface area contributed by atoms with E-state index >= 15 is 0 Å². The van der Waals surface area contributed by atoms with E-state index < -0.39 is 0 Å². The predicted octanol–water partition coefficient (Wildman–Crippen LogP) is 1.86. The fraction of sp³-hybridized carbons (Fsp3) is 0.273. The van der Waals surface area contributed by atoms with Crippen molar-refractivity contribution in [2.45, 2.75) is 20.4 Å². The molecule has 15 heavy (non-hydrogen) atoms. The summed E-state index contributed by atoms with van der Waals surface area (Å²) in [6.45, 7) is 4.93. The van der Waals surface area contributed by atoms with Gasteiger partial charge in [0.15, 0.2) is 5.82 Å². The number of aryl methyl sites for hydroxylation is 2. The van der Waals surface area contributed by atoms with Crippen LogP contribution in [0, 0.1) is 6.92 Å². The Kier molecular flexibility index (Phi) is 2.41. The number of anilines is 1. The van der Waals surface area contributed by atoms with Crippen LogP contribution >= 0.6 is 0 Å². The molecule has 0 saturated heterocycles. The molecule has 0 spiro atoms. The lowest BCUT2D eigenvalue weighted by atomic mass is 10.1. The zero-order chi connectivity index (χ0) is 10.8. The van der Waals surface area contributed by atoms with Gasteiger partial charge in [0.2, 0.25) is 0 Å². The van der Waals surface area contributed by atoms with Crippen molar-refractivity contribution in [3.8, 4) is 11.4 Å². The summed E-state index contributed by atoms with van der Waals surface area (Å²) in [5.41, 5.74) is 8.81. The third-order valence-corrected chi connectivity index (χ3v) is 2.48. The van der Waals surface area contributed by atoms with Crippen LogP contribution in [0.3, 0.4) is 0 Å². The second-order valence-corrected chi connectivity index (χ2v) is 3.48. The molecule has 78 valence electrons. The zero-order valence-corrected chi connectivity index (χ0v) is 8.94. The number of nitrogens with two attached hydrogens (primary N) is 1. The second kappa shape index (κ2) is 3.73. The lowest BCUT2D eigenvalue weighted by molar-refractivity contribution is 0.766. The molecule has 0 saturated carbocycles. The minimum Gasteiger partial charge on any atom is -0.398 e. The molecule has 1 aromatic heterocycles. The third kappa shape index (κ3) is 1.58. The molecule has 4 heteroatoms. The monoisotopic (exact) mass is 202 g/mol. The van der Waals surface area contributed by atoms with Crippen LogP contribution in [0.5, 0.6) is 0 Å². The number of nitrogen functional groups attached to an aromatic ring is 1. The number of benzene rings is 1. The first-order chi connectivity index (χ1) is 7.24. The predicted molar refractivity (Wildman–Crippen MR) is 60.3 cm³/mol. The number of hydrogen-bond acceptors (Lipinski definition) is 3. The van der Waals surface area contributed by atoms with Crippen molar-refractivity contribution in [2.75, 3.05) is 5.73 Å². The highest BCUT2D eigenvalue weighted by molar-refractivity contribution is 5.74. The summed E-state index contributed by atoms with van der Waals surface area (Å²) in [6, 6.07) is 5.86. The van der Waals surface area contributed by atoms with Crippen LogP contribution < -0.4 is 5.73 Å². The summed E-state index contributed by atoms with van der Waals surface area (Å²) >= 11 is 0. The molecule has 0 aliphatic carbocycles. The number of nitrogens with zero attached hydrogens (tertiary/aromatic N) is 3. The molecule has 0 fully saturated rings. The molecule has 1 heterocycles. The Hall–Kier alpha value is -1.84. The van der Waals surface area contributed by atoms with E-state index in [0.717, 1.165) is 29.2 Å². The van der Waals surface area contributed by atoms with Gasteiger partial charge >= 0.3 is 0 Å². The first-order valence-electron chi connectivity index (χ1n) is 4.97. The normalized spacial score (nSPS) is 10.5. The molecule has 0 aliphatic heterocycles. The van der Waals surface area contributed by atoms with Crippen LogP contribution in [0.1, 0.15) is 12.5 Å². The van der Waals surface area contributed by atoms with Gasteiger partial charge in [-0.3, -0.25) is 0 Å². The summed E-state index contributed by atoms with van der Waals surface area (Å²) in [4.78, 5) is 0. The molecule has 2 N–H and O–H groups in total. The topological polar surface area (TPSA) is 56.7 Å². The van der Waals surface area contributed by atoms with Crippen molar-refractivity contribution >= 4 is 5.69 Å². The Morgan fingerprint density at radius 1 is 1.40 bits per heavy atom. The maximum absolute atomic E-state index is 5.96. The van der Waals surface area contributed by atoms with Crippen LogP contribution in [0.2, 0.25) is 0 Å². The smallest absolute Gasteiger partial charge is 0.166 e. The molecular weight excluding hydrogens is 188 g/mol. The Bertz CT molecular complexity index is 453. The summed E-state index contributed by atoms with van der Waals surface area (Å²) in [7, 11) is 0. The van der Waals surface area contributed by atoms with E-state index in [-0.39, 0.29) is 0 Å². The molecule has 4 nitrogen and oxygen atoms in total. The summed E-state index contributed by atoms with van der Waals surface area (Å²) in [6.07, 6.45) is 1.72. The molecule has 0 bridgehead atoms. The highest BCUT2D eigenvalue weighted by Crippen LogP contribution is 2.27. The van der Waals surface area contributed by atoms with Crippen molar-refractivity contribution in [2.24, 2.45) is 0 Å². The van der Waals surface area contributed by atoms with Crippen molar-refractivity contribution in [1.82, 2.24) is 14.8 Å². The maximum Gasteiger partial charge on any atom is 0.166 e. The number of rotatable bonds is 2. The van der Waals surface area contributed by atoms with E-state index in [1.807, 2.05) is 29.7 Å². The van der Waals surface area contributed by atoms with E-state index in [9.17, 15) is 0 Å². The molecular formula is C11H14N4. The van der Waals surface area contributed by atoms with Gasteiger partial charge in [0.25, 0.3) is 0 Å². The van der Waals surface area contributed by atoms with Crippen LogP contribution in [0.25, 0.3) is 11.4 Å². The van der Waals surface area contributed by atoms with Gasteiger partial charge in [0, 0.05) is 17.8 Å². The standard InChI is InChI=1S/C11H14N4/c1-3-15-7-13-14-11(15)10-8(2)5-4-6-9(10)12/h4-7H,3,12H2,1-2H3. The van der Waals surface area contributed by atoms with Gasteiger partial charge in [0.05, 0.1) is 0 Å². The fourth-order valence-electron chi connectivity index (χ4n) is 1.68. The van der Waals surface area contributed by atoms with Crippen molar-refractivity contribution in [1.29, 1.82) is 0 Å². The third-order valence-electron chi connectivity index (χ3n) is 2.48. The Morgan fingerprint density at radius 2 is 2.20 bits per heavy atom. The van der Waals surface area contributed by atoms with Crippen molar-refractivity contribution < 1.29 is 0 Å². The lowest BCUT2D eigenvalue weighted by Crippen LogP contribution is -2.00. The van der Waals surface area contributed by atoms with E-state index in [0.29, 0.717) is 0 Å². The van der Waals surface area contributed by atoms with Crippen molar-refractivity contribution in [3.05, 3.63) is 30.1 Å². The van der Waals surface area contributed by atoms with Gasteiger partial charge in [-0.1, -0.05) is 12.1 Å². The Balaban J connectivity index is 2.63. The van der Waals surface area contributed by atoms with E-state index in [2.05, 4.69) is 17.1 Å². The summed E-state index contributed by atoms with van der Waals surface area (Å²) in [5.74, 6) is 0.841. The lowest BCUT2D eigenvalue weighted by Gasteiger charge is -2.09. The van der Waals surface area contributed by atoms with Gasteiger partial charge in [-0.2, -0.15) is 0 Å². The minimum atomic E-state index is 0.748. The first kappa shape index (κ1) is 9.71. The molecule has 0 unspecified atom stereocenters. The molecule has 2 rings (SSSR count). The second-order valence-electron chi connectivity index (χ2n) is 3.48.